The summed E-state index contributed by atoms with van der Waals surface area (Å²) in [5.41, 5.74) is 3.84. The zero-order chi connectivity index (χ0) is 20.0. The summed E-state index contributed by atoms with van der Waals surface area (Å²) in [7, 11) is -3.69. The number of nitrogens with zero attached hydrogens (tertiary/aromatic N) is 1. The van der Waals surface area contributed by atoms with Crippen LogP contribution in [-0.4, -0.2) is 30.9 Å². The molecule has 11 heteroatoms. The minimum atomic E-state index is -3.69. The number of nitrogens with one attached hydrogen (secondary N) is 2. The van der Waals surface area contributed by atoms with Gasteiger partial charge in [0.15, 0.2) is 9.84 Å². The normalized spacial score (nSPS) is 10.9. The molecule has 0 radical (unpaired) electrons. The third-order valence-corrected chi connectivity index (χ3v) is 5.39. The Balaban J connectivity index is 1.89. The first-order chi connectivity index (χ1) is 12.7. The summed E-state index contributed by atoms with van der Waals surface area (Å²) in [4.78, 5) is 33.7. The van der Waals surface area contributed by atoms with Gasteiger partial charge in [-0.25, -0.2) is 8.42 Å². The lowest BCUT2D eigenvalue weighted by atomic mass is 10.2. The highest BCUT2D eigenvalue weighted by Crippen LogP contribution is 2.16. The number of benzene rings is 2. The standard InChI is InChI=1S/C16H14ClN3O6S/c17-12-4-6-14(7-5-12)27(25,26)9-8-15(21)18-19-16(22)11-2-1-3-13(10-11)20(23)24/h1-7,10H,8-9H2,(H,18,21)(H,19,22). The average Bonchev–Trinajstić information content (AvgIpc) is 2.65. The zero-order valence-corrected chi connectivity index (χ0v) is 15.3. The van der Waals surface area contributed by atoms with Crippen LogP contribution in [0.3, 0.4) is 0 Å². The Morgan fingerprint density at radius 3 is 2.37 bits per heavy atom. The number of sulfone groups is 1. The van der Waals surface area contributed by atoms with Crippen LogP contribution in [0.2, 0.25) is 5.02 Å². The summed E-state index contributed by atoms with van der Waals surface area (Å²) in [5, 5.41) is 11.1. The van der Waals surface area contributed by atoms with Gasteiger partial charge in [0.1, 0.15) is 0 Å². The molecule has 142 valence electrons. The van der Waals surface area contributed by atoms with Crippen molar-refractivity contribution in [3.63, 3.8) is 0 Å². The number of hydrazine groups is 1. The van der Waals surface area contributed by atoms with Crippen molar-refractivity contribution in [2.24, 2.45) is 0 Å². The fourth-order valence-electron chi connectivity index (χ4n) is 2.01. The summed E-state index contributed by atoms with van der Waals surface area (Å²) in [5.74, 6) is -1.97. The molecule has 2 N–H and O–H groups in total. The van der Waals surface area contributed by atoms with Crippen LogP contribution < -0.4 is 10.9 Å². The van der Waals surface area contributed by atoms with Gasteiger partial charge in [0.2, 0.25) is 5.91 Å². The third kappa shape index (κ3) is 5.76. The number of non-ortho nitro benzene ring substituents is 1. The fourth-order valence-corrected chi connectivity index (χ4v) is 3.38. The molecule has 2 aromatic rings. The smallest absolute Gasteiger partial charge is 0.270 e. The maximum absolute atomic E-state index is 12.1. The molecule has 0 saturated carbocycles. The van der Waals surface area contributed by atoms with E-state index in [1.807, 2.05) is 0 Å². The van der Waals surface area contributed by atoms with Gasteiger partial charge in [0, 0.05) is 29.1 Å². The fraction of sp³-hybridized carbons (Fsp3) is 0.125. The molecule has 0 aromatic heterocycles. The van der Waals surface area contributed by atoms with Crippen molar-refractivity contribution >= 4 is 38.9 Å². The molecule has 0 saturated heterocycles. The molecule has 0 heterocycles. The van der Waals surface area contributed by atoms with E-state index in [1.165, 1.54) is 42.5 Å². The van der Waals surface area contributed by atoms with E-state index in [-0.39, 0.29) is 22.6 Å². The molecule has 9 nitrogen and oxygen atoms in total. The Labute approximate surface area is 159 Å². The van der Waals surface area contributed by atoms with E-state index in [1.54, 1.807) is 0 Å². The lowest BCUT2D eigenvalue weighted by Gasteiger charge is -2.08. The van der Waals surface area contributed by atoms with Crippen LogP contribution in [0.1, 0.15) is 16.8 Å². The second-order valence-corrected chi connectivity index (χ2v) is 7.88. The monoisotopic (exact) mass is 411 g/mol. The van der Waals surface area contributed by atoms with Gasteiger partial charge < -0.3 is 0 Å². The van der Waals surface area contributed by atoms with Gasteiger partial charge in [-0.05, 0) is 30.3 Å². The van der Waals surface area contributed by atoms with E-state index >= 15 is 0 Å². The first-order valence-corrected chi connectivity index (χ1v) is 9.54. The Hall–Kier alpha value is -2.98. The molecule has 0 atom stereocenters. The first-order valence-electron chi connectivity index (χ1n) is 7.51. The first kappa shape index (κ1) is 20.3. The van der Waals surface area contributed by atoms with Gasteiger partial charge in [0.25, 0.3) is 11.6 Å². The zero-order valence-electron chi connectivity index (χ0n) is 13.7. The van der Waals surface area contributed by atoms with Crippen molar-refractivity contribution in [1.29, 1.82) is 0 Å². The number of carbonyl (C=O) groups is 2. The molecule has 2 rings (SSSR count). The Bertz CT molecular complexity index is 976. The van der Waals surface area contributed by atoms with Gasteiger partial charge in [-0.3, -0.25) is 30.6 Å². The van der Waals surface area contributed by atoms with Crippen LogP contribution in [0, 0.1) is 10.1 Å². The highest BCUT2D eigenvalue weighted by Gasteiger charge is 2.17. The van der Waals surface area contributed by atoms with Crippen molar-refractivity contribution < 1.29 is 22.9 Å². The van der Waals surface area contributed by atoms with E-state index in [0.717, 1.165) is 6.07 Å². The molecule has 0 aliphatic heterocycles. The topological polar surface area (TPSA) is 135 Å². The van der Waals surface area contributed by atoms with Crippen LogP contribution >= 0.6 is 11.6 Å². The second-order valence-electron chi connectivity index (χ2n) is 5.33. The molecule has 0 spiro atoms. The Morgan fingerprint density at radius 2 is 1.74 bits per heavy atom. The van der Waals surface area contributed by atoms with E-state index in [4.69, 9.17) is 11.6 Å². The largest absolute Gasteiger partial charge is 0.273 e. The third-order valence-electron chi connectivity index (χ3n) is 3.41. The molecule has 0 unspecified atom stereocenters. The predicted octanol–water partition coefficient (Wildman–Crippen LogP) is 1.87. The van der Waals surface area contributed by atoms with E-state index in [9.17, 15) is 28.1 Å². The lowest BCUT2D eigenvalue weighted by Crippen LogP contribution is -2.42. The number of hydrogen-bond donors (Lipinski definition) is 2. The number of rotatable bonds is 6. The minimum Gasteiger partial charge on any atom is -0.273 e. The molecule has 0 fully saturated rings. The number of halogens is 1. The number of amides is 2. The summed E-state index contributed by atoms with van der Waals surface area (Å²) in [6, 6.07) is 10.4. The number of hydrogen-bond acceptors (Lipinski definition) is 6. The van der Waals surface area contributed by atoms with Crippen molar-refractivity contribution in [2.75, 3.05) is 5.75 Å². The molecular formula is C16H14ClN3O6S. The molecule has 0 bridgehead atoms. The lowest BCUT2D eigenvalue weighted by molar-refractivity contribution is -0.384. The van der Waals surface area contributed by atoms with Gasteiger partial charge in [0.05, 0.1) is 15.6 Å². The van der Waals surface area contributed by atoms with E-state index in [2.05, 4.69) is 10.9 Å². The predicted molar refractivity (Wildman–Crippen MR) is 96.8 cm³/mol. The SMILES string of the molecule is O=C(CCS(=O)(=O)c1ccc(Cl)cc1)NNC(=O)c1cccc([N+](=O)[O-])c1. The maximum atomic E-state index is 12.1. The molecule has 2 aromatic carbocycles. The van der Waals surface area contributed by atoms with Gasteiger partial charge in [-0.15, -0.1) is 0 Å². The number of nitro groups is 1. The highest BCUT2D eigenvalue weighted by atomic mass is 35.5. The maximum Gasteiger partial charge on any atom is 0.270 e. The Morgan fingerprint density at radius 1 is 1.07 bits per heavy atom. The van der Waals surface area contributed by atoms with Crippen molar-refractivity contribution in [1.82, 2.24) is 10.9 Å². The van der Waals surface area contributed by atoms with Crippen molar-refractivity contribution in [3.8, 4) is 0 Å². The summed E-state index contributed by atoms with van der Waals surface area (Å²) in [6.45, 7) is 0. The summed E-state index contributed by atoms with van der Waals surface area (Å²) in [6.07, 6.45) is -0.389. The summed E-state index contributed by atoms with van der Waals surface area (Å²) >= 11 is 5.70. The van der Waals surface area contributed by atoms with Gasteiger partial charge >= 0.3 is 0 Å². The number of nitro benzene ring substituents is 1. The molecule has 27 heavy (non-hydrogen) atoms. The highest BCUT2D eigenvalue weighted by molar-refractivity contribution is 7.91. The molecular weight excluding hydrogens is 398 g/mol. The van der Waals surface area contributed by atoms with Crippen LogP contribution in [-0.2, 0) is 14.6 Å². The van der Waals surface area contributed by atoms with Gasteiger partial charge in [-0.1, -0.05) is 17.7 Å². The van der Waals surface area contributed by atoms with E-state index in [0.29, 0.717) is 5.02 Å². The average molecular weight is 412 g/mol. The van der Waals surface area contributed by atoms with Crippen LogP contribution in [0.5, 0.6) is 0 Å². The molecule has 0 aliphatic carbocycles. The Kier molecular flexibility index (Phi) is 6.48. The van der Waals surface area contributed by atoms with Crippen LogP contribution in [0.15, 0.2) is 53.4 Å². The van der Waals surface area contributed by atoms with Crippen LogP contribution in [0.4, 0.5) is 5.69 Å². The second kappa shape index (κ2) is 8.60. The molecule has 2 amide bonds. The minimum absolute atomic E-state index is 0.0281. The van der Waals surface area contributed by atoms with E-state index < -0.39 is 32.3 Å². The molecule has 0 aliphatic rings. The summed E-state index contributed by atoms with van der Waals surface area (Å²) < 4.78 is 24.3. The van der Waals surface area contributed by atoms with Crippen molar-refractivity contribution in [2.45, 2.75) is 11.3 Å². The quantitative estimate of drug-likeness (QED) is 0.550. The number of carbonyl (C=O) groups excluding carboxylic acids is 2. The van der Waals surface area contributed by atoms with Gasteiger partial charge in [-0.2, -0.15) is 0 Å². The van der Waals surface area contributed by atoms with Crippen LogP contribution in [0.25, 0.3) is 0 Å². The van der Waals surface area contributed by atoms with Crippen molar-refractivity contribution in [3.05, 3.63) is 69.2 Å².